The minimum Gasteiger partial charge on any atom is -0.319 e. The molecular formula is C12H7BrN4. The van der Waals surface area contributed by atoms with Gasteiger partial charge in [-0.25, -0.2) is 4.98 Å². The Balaban J connectivity index is 2.65. The summed E-state index contributed by atoms with van der Waals surface area (Å²) in [7, 11) is 1.77. The van der Waals surface area contributed by atoms with Crippen LogP contribution in [-0.2, 0) is 7.05 Å². The topological polar surface area (TPSA) is 65.4 Å². The van der Waals surface area contributed by atoms with Crippen LogP contribution in [0.4, 0.5) is 0 Å². The predicted octanol–water partition coefficient (Wildman–Crippen LogP) is 2.59. The van der Waals surface area contributed by atoms with Crippen LogP contribution in [0.3, 0.4) is 0 Å². The monoisotopic (exact) mass is 286 g/mol. The summed E-state index contributed by atoms with van der Waals surface area (Å²) in [4.78, 5) is 4.19. The van der Waals surface area contributed by atoms with Crippen molar-refractivity contribution in [3.63, 3.8) is 0 Å². The summed E-state index contributed by atoms with van der Waals surface area (Å²) in [6, 6.07) is 9.40. The van der Waals surface area contributed by atoms with Gasteiger partial charge in [0.25, 0.3) is 0 Å². The Morgan fingerprint density at radius 2 is 2.06 bits per heavy atom. The minimum atomic E-state index is 0.481. The summed E-state index contributed by atoms with van der Waals surface area (Å²) in [5.41, 5.74) is 1.84. The van der Waals surface area contributed by atoms with Gasteiger partial charge < -0.3 is 4.57 Å². The van der Waals surface area contributed by atoms with E-state index in [9.17, 15) is 0 Å². The molecule has 0 saturated carbocycles. The number of hydrogen-bond donors (Lipinski definition) is 0. The van der Waals surface area contributed by atoms with Crippen molar-refractivity contribution in [2.24, 2.45) is 7.05 Å². The van der Waals surface area contributed by atoms with E-state index < -0.39 is 0 Å². The molecule has 2 rings (SSSR count). The predicted molar refractivity (Wildman–Crippen MR) is 65.8 cm³/mol. The second-order valence-electron chi connectivity index (χ2n) is 3.44. The third kappa shape index (κ3) is 1.93. The van der Waals surface area contributed by atoms with E-state index in [0.29, 0.717) is 17.1 Å². The van der Waals surface area contributed by atoms with Crippen LogP contribution in [-0.4, -0.2) is 9.55 Å². The molecule has 2 aromatic rings. The highest BCUT2D eigenvalue weighted by Gasteiger charge is 2.12. The van der Waals surface area contributed by atoms with Crippen molar-refractivity contribution in [2.75, 3.05) is 0 Å². The van der Waals surface area contributed by atoms with E-state index in [1.165, 1.54) is 6.20 Å². The molecule has 0 aliphatic carbocycles. The maximum absolute atomic E-state index is 8.88. The Morgan fingerprint density at radius 3 is 2.65 bits per heavy atom. The molecule has 17 heavy (non-hydrogen) atoms. The van der Waals surface area contributed by atoms with E-state index in [0.717, 1.165) is 10.0 Å². The molecule has 1 aromatic heterocycles. The van der Waals surface area contributed by atoms with Crippen LogP contribution in [0.2, 0.25) is 0 Å². The number of hydrogen-bond acceptors (Lipinski definition) is 3. The molecule has 0 aliphatic heterocycles. The van der Waals surface area contributed by atoms with Crippen molar-refractivity contribution in [3.05, 3.63) is 40.1 Å². The Bertz CT molecular complexity index is 658. The van der Waals surface area contributed by atoms with Crippen molar-refractivity contribution < 1.29 is 0 Å². The lowest BCUT2D eigenvalue weighted by molar-refractivity contribution is 0.907. The summed E-state index contributed by atoms with van der Waals surface area (Å²) in [5, 5.41) is 17.7. The van der Waals surface area contributed by atoms with Crippen LogP contribution >= 0.6 is 15.9 Å². The average molecular weight is 287 g/mol. The molecule has 0 radical (unpaired) electrons. The van der Waals surface area contributed by atoms with E-state index in [1.807, 2.05) is 0 Å². The van der Waals surface area contributed by atoms with Gasteiger partial charge in [0.1, 0.15) is 17.6 Å². The van der Waals surface area contributed by atoms with Crippen LogP contribution < -0.4 is 0 Å². The van der Waals surface area contributed by atoms with Crippen LogP contribution in [0.5, 0.6) is 0 Å². The van der Waals surface area contributed by atoms with Gasteiger partial charge in [0.2, 0.25) is 0 Å². The number of nitrogens with zero attached hydrogens (tertiary/aromatic N) is 4. The Labute approximate surface area is 107 Å². The third-order valence-corrected chi connectivity index (χ3v) is 3.13. The first-order valence-corrected chi connectivity index (χ1v) is 5.58. The maximum atomic E-state index is 8.88. The van der Waals surface area contributed by atoms with E-state index in [-0.39, 0.29) is 0 Å². The summed E-state index contributed by atoms with van der Waals surface area (Å²) in [6.45, 7) is 0. The van der Waals surface area contributed by atoms with Crippen molar-refractivity contribution in [1.29, 1.82) is 10.5 Å². The van der Waals surface area contributed by atoms with E-state index in [1.54, 1.807) is 29.8 Å². The van der Waals surface area contributed by atoms with Gasteiger partial charge in [-0.1, -0.05) is 15.9 Å². The molecule has 0 saturated heterocycles. The van der Waals surface area contributed by atoms with Crippen LogP contribution in [0.1, 0.15) is 11.3 Å². The average Bonchev–Trinajstić information content (AvgIpc) is 2.71. The van der Waals surface area contributed by atoms with Gasteiger partial charge in [-0.05, 0) is 18.2 Å². The smallest absolute Gasteiger partial charge is 0.141 e. The first-order chi connectivity index (χ1) is 8.17. The van der Waals surface area contributed by atoms with Crippen LogP contribution in [0, 0.1) is 22.7 Å². The molecule has 0 unspecified atom stereocenters. The SMILES string of the molecule is Cn1c(C#N)cnc1-c1cc(C#N)ccc1Br. The molecule has 0 amide bonds. The zero-order valence-electron chi connectivity index (χ0n) is 8.98. The zero-order chi connectivity index (χ0) is 12.4. The Kier molecular flexibility index (Phi) is 2.95. The van der Waals surface area contributed by atoms with E-state index in [2.05, 4.69) is 33.1 Å². The molecule has 0 aliphatic rings. The van der Waals surface area contributed by atoms with Gasteiger partial charge in [0, 0.05) is 17.1 Å². The highest BCUT2D eigenvalue weighted by molar-refractivity contribution is 9.10. The second-order valence-corrected chi connectivity index (χ2v) is 4.30. The van der Waals surface area contributed by atoms with Gasteiger partial charge in [0.05, 0.1) is 17.8 Å². The molecule has 0 fully saturated rings. The van der Waals surface area contributed by atoms with Gasteiger partial charge in [-0.3, -0.25) is 0 Å². The number of aromatic nitrogens is 2. The maximum Gasteiger partial charge on any atom is 0.141 e. The summed E-state index contributed by atoms with van der Waals surface area (Å²) < 4.78 is 2.54. The third-order valence-electron chi connectivity index (χ3n) is 2.44. The summed E-state index contributed by atoms with van der Waals surface area (Å²) in [5.74, 6) is 0.658. The van der Waals surface area contributed by atoms with Crippen LogP contribution in [0.15, 0.2) is 28.9 Å². The van der Waals surface area contributed by atoms with Crippen molar-refractivity contribution in [2.45, 2.75) is 0 Å². The van der Waals surface area contributed by atoms with Gasteiger partial charge in [0.15, 0.2) is 0 Å². The summed E-state index contributed by atoms with van der Waals surface area (Å²) >= 11 is 3.42. The van der Waals surface area contributed by atoms with Gasteiger partial charge >= 0.3 is 0 Å². The lowest BCUT2D eigenvalue weighted by Crippen LogP contribution is -1.96. The second kappa shape index (κ2) is 4.40. The van der Waals surface area contributed by atoms with Gasteiger partial charge in [-0.2, -0.15) is 10.5 Å². The largest absolute Gasteiger partial charge is 0.319 e. The number of imidazole rings is 1. The Morgan fingerprint density at radius 1 is 1.29 bits per heavy atom. The molecule has 82 valence electrons. The highest BCUT2D eigenvalue weighted by atomic mass is 79.9. The fraction of sp³-hybridized carbons (Fsp3) is 0.0833. The quantitative estimate of drug-likeness (QED) is 0.809. The van der Waals surface area contributed by atoms with E-state index in [4.69, 9.17) is 10.5 Å². The first-order valence-electron chi connectivity index (χ1n) is 4.79. The lowest BCUT2D eigenvalue weighted by Gasteiger charge is -2.05. The van der Waals surface area contributed by atoms with Crippen LogP contribution in [0.25, 0.3) is 11.4 Å². The molecular weight excluding hydrogens is 280 g/mol. The van der Waals surface area contributed by atoms with Gasteiger partial charge in [-0.15, -0.1) is 0 Å². The first kappa shape index (κ1) is 11.4. The molecule has 0 bridgehead atoms. The van der Waals surface area contributed by atoms with E-state index >= 15 is 0 Å². The molecule has 1 aromatic carbocycles. The molecule has 4 nitrogen and oxygen atoms in total. The molecule has 0 N–H and O–H groups in total. The van der Waals surface area contributed by atoms with Crippen molar-refractivity contribution in [1.82, 2.24) is 9.55 Å². The number of rotatable bonds is 1. The zero-order valence-corrected chi connectivity index (χ0v) is 10.6. The standard InChI is InChI=1S/C12H7BrN4/c1-17-9(6-15)7-16-12(17)10-4-8(5-14)2-3-11(10)13/h2-4,7H,1H3. The molecule has 5 heteroatoms. The highest BCUT2D eigenvalue weighted by Crippen LogP contribution is 2.28. The fourth-order valence-corrected chi connectivity index (χ4v) is 1.95. The molecule has 1 heterocycles. The Hall–Kier alpha value is -2.11. The minimum absolute atomic E-state index is 0.481. The molecule has 0 spiro atoms. The fourth-order valence-electron chi connectivity index (χ4n) is 1.53. The summed E-state index contributed by atoms with van der Waals surface area (Å²) in [6.07, 6.45) is 1.51. The number of nitriles is 2. The van der Waals surface area contributed by atoms with Crippen molar-refractivity contribution in [3.8, 4) is 23.5 Å². The normalized spacial score (nSPS) is 9.65. The number of benzene rings is 1. The lowest BCUT2D eigenvalue weighted by atomic mass is 10.1. The number of halogens is 1. The molecule has 0 atom stereocenters. The van der Waals surface area contributed by atoms with Crippen molar-refractivity contribution >= 4 is 15.9 Å².